The molecule has 0 saturated heterocycles. The van der Waals surface area contributed by atoms with Gasteiger partial charge < -0.3 is 15.8 Å². The standard InChI is InChI=1S/C18H20N2O3/c1-23-16(14-10-6-3-7-11-14)18(22)20-15(17(19)21)12-13-8-4-2-5-9-13/h2-11,15-16H,12H2,1H3,(H2,19,21)(H,20,22)/t15-,16+/m0/s1. The van der Waals surface area contributed by atoms with Gasteiger partial charge >= 0.3 is 0 Å². The first kappa shape index (κ1) is 16.7. The van der Waals surface area contributed by atoms with Gasteiger partial charge in [0.2, 0.25) is 5.91 Å². The highest BCUT2D eigenvalue weighted by molar-refractivity contribution is 5.89. The van der Waals surface area contributed by atoms with E-state index in [0.29, 0.717) is 6.42 Å². The molecule has 0 fully saturated rings. The molecule has 0 aliphatic rings. The van der Waals surface area contributed by atoms with Gasteiger partial charge in [-0.05, 0) is 11.1 Å². The van der Waals surface area contributed by atoms with Crippen molar-refractivity contribution in [1.29, 1.82) is 0 Å². The molecule has 0 heterocycles. The summed E-state index contributed by atoms with van der Waals surface area (Å²) < 4.78 is 5.26. The number of benzene rings is 2. The Kier molecular flexibility index (Phi) is 5.88. The van der Waals surface area contributed by atoms with E-state index in [1.54, 1.807) is 12.1 Å². The van der Waals surface area contributed by atoms with Crippen LogP contribution in [0, 0.1) is 0 Å². The maximum absolute atomic E-state index is 12.4. The van der Waals surface area contributed by atoms with E-state index in [4.69, 9.17) is 10.5 Å². The van der Waals surface area contributed by atoms with Crippen LogP contribution in [-0.4, -0.2) is 25.0 Å². The number of carbonyl (C=O) groups excluding carboxylic acids is 2. The molecule has 120 valence electrons. The number of hydrogen-bond acceptors (Lipinski definition) is 3. The first-order valence-electron chi connectivity index (χ1n) is 7.33. The van der Waals surface area contributed by atoms with Crippen molar-refractivity contribution >= 4 is 11.8 Å². The Labute approximate surface area is 135 Å². The van der Waals surface area contributed by atoms with E-state index in [0.717, 1.165) is 11.1 Å². The zero-order valence-electron chi connectivity index (χ0n) is 12.9. The molecule has 2 aromatic carbocycles. The zero-order valence-corrected chi connectivity index (χ0v) is 12.9. The minimum Gasteiger partial charge on any atom is -0.368 e. The molecule has 23 heavy (non-hydrogen) atoms. The third-order valence-electron chi connectivity index (χ3n) is 3.52. The Hall–Kier alpha value is -2.66. The molecule has 2 aromatic rings. The first-order chi connectivity index (χ1) is 11.1. The van der Waals surface area contributed by atoms with Crippen LogP contribution < -0.4 is 11.1 Å². The fraction of sp³-hybridized carbons (Fsp3) is 0.222. The molecule has 0 saturated carbocycles. The van der Waals surface area contributed by atoms with E-state index in [1.807, 2.05) is 48.5 Å². The van der Waals surface area contributed by atoms with Crippen molar-refractivity contribution in [3.63, 3.8) is 0 Å². The van der Waals surface area contributed by atoms with E-state index in [-0.39, 0.29) is 0 Å². The van der Waals surface area contributed by atoms with Crippen LogP contribution in [0.3, 0.4) is 0 Å². The fourth-order valence-corrected chi connectivity index (χ4v) is 2.34. The molecule has 2 rings (SSSR count). The second kappa shape index (κ2) is 8.10. The summed E-state index contributed by atoms with van der Waals surface area (Å²) >= 11 is 0. The highest BCUT2D eigenvalue weighted by atomic mass is 16.5. The summed E-state index contributed by atoms with van der Waals surface area (Å²) in [7, 11) is 1.45. The monoisotopic (exact) mass is 312 g/mol. The van der Waals surface area contributed by atoms with Crippen molar-refractivity contribution in [3.8, 4) is 0 Å². The summed E-state index contributed by atoms with van der Waals surface area (Å²) in [5, 5.41) is 2.68. The van der Waals surface area contributed by atoms with Gasteiger partial charge in [-0.2, -0.15) is 0 Å². The summed E-state index contributed by atoms with van der Waals surface area (Å²) in [6.07, 6.45) is -0.443. The molecule has 3 N–H and O–H groups in total. The predicted molar refractivity (Wildman–Crippen MR) is 87.5 cm³/mol. The number of amides is 2. The topological polar surface area (TPSA) is 81.4 Å². The molecule has 2 amide bonds. The number of nitrogens with two attached hydrogens (primary N) is 1. The van der Waals surface area contributed by atoms with E-state index in [9.17, 15) is 9.59 Å². The zero-order chi connectivity index (χ0) is 16.7. The molecule has 0 aromatic heterocycles. The Morgan fingerprint density at radius 1 is 1.04 bits per heavy atom. The maximum atomic E-state index is 12.4. The number of primary amides is 1. The van der Waals surface area contributed by atoms with Crippen molar-refractivity contribution < 1.29 is 14.3 Å². The second-order valence-corrected chi connectivity index (χ2v) is 5.18. The highest BCUT2D eigenvalue weighted by Gasteiger charge is 2.25. The Morgan fingerprint density at radius 2 is 1.61 bits per heavy atom. The summed E-state index contributed by atoms with van der Waals surface area (Å²) in [5.74, 6) is -0.969. The van der Waals surface area contributed by atoms with Crippen LogP contribution >= 0.6 is 0 Å². The van der Waals surface area contributed by atoms with Gasteiger partial charge in [0, 0.05) is 13.5 Å². The van der Waals surface area contributed by atoms with Crippen LogP contribution in [0.2, 0.25) is 0 Å². The van der Waals surface area contributed by atoms with Crippen molar-refractivity contribution in [2.24, 2.45) is 5.73 Å². The Morgan fingerprint density at radius 3 is 2.13 bits per heavy atom. The van der Waals surface area contributed by atoms with E-state index >= 15 is 0 Å². The molecule has 5 heteroatoms. The van der Waals surface area contributed by atoms with Gasteiger partial charge in [-0.25, -0.2) is 0 Å². The SMILES string of the molecule is CO[C@@H](C(=O)N[C@@H](Cc1ccccc1)C(N)=O)c1ccccc1. The van der Waals surface area contributed by atoms with Gasteiger partial charge in [0.15, 0.2) is 6.10 Å². The van der Waals surface area contributed by atoms with Gasteiger partial charge in [0.25, 0.3) is 5.91 Å². The smallest absolute Gasteiger partial charge is 0.254 e. The molecule has 0 aliphatic carbocycles. The third kappa shape index (κ3) is 4.66. The third-order valence-corrected chi connectivity index (χ3v) is 3.52. The van der Waals surface area contributed by atoms with Crippen molar-refractivity contribution in [2.75, 3.05) is 7.11 Å². The summed E-state index contributed by atoms with van der Waals surface area (Å²) in [6.45, 7) is 0. The average Bonchev–Trinajstić information content (AvgIpc) is 2.57. The first-order valence-corrected chi connectivity index (χ1v) is 7.33. The number of rotatable bonds is 7. The lowest BCUT2D eigenvalue weighted by molar-refractivity contribution is -0.134. The lowest BCUT2D eigenvalue weighted by Crippen LogP contribution is -2.47. The van der Waals surface area contributed by atoms with E-state index < -0.39 is 24.0 Å². The average molecular weight is 312 g/mol. The number of ether oxygens (including phenoxy) is 1. The number of methoxy groups -OCH3 is 1. The molecule has 0 radical (unpaired) electrons. The highest BCUT2D eigenvalue weighted by Crippen LogP contribution is 2.16. The molecular formula is C18H20N2O3. The molecule has 0 aliphatic heterocycles. The van der Waals surface area contributed by atoms with Crippen LogP contribution in [0.15, 0.2) is 60.7 Å². The molecule has 5 nitrogen and oxygen atoms in total. The van der Waals surface area contributed by atoms with Gasteiger partial charge in [-0.15, -0.1) is 0 Å². The minimum absolute atomic E-state index is 0.340. The molecule has 2 atom stereocenters. The fourth-order valence-electron chi connectivity index (χ4n) is 2.34. The van der Waals surface area contributed by atoms with Crippen molar-refractivity contribution in [1.82, 2.24) is 5.32 Å². The normalized spacial score (nSPS) is 13.1. The summed E-state index contributed by atoms with van der Waals surface area (Å²) in [4.78, 5) is 24.1. The van der Waals surface area contributed by atoms with Gasteiger partial charge in [0.05, 0.1) is 0 Å². The lowest BCUT2D eigenvalue weighted by Gasteiger charge is -2.20. The van der Waals surface area contributed by atoms with Gasteiger partial charge in [0.1, 0.15) is 6.04 Å². The van der Waals surface area contributed by atoms with Gasteiger partial charge in [-0.3, -0.25) is 9.59 Å². The lowest BCUT2D eigenvalue weighted by atomic mass is 10.0. The van der Waals surface area contributed by atoms with Gasteiger partial charge in [-0.1, -0.05) is 60.7 Å². The van der Waals surface area contributed by atoms with E-state index in [1.165, 1.54) is 7.11 Å². The van der Waals surface area contributed by atoms with Crippen molar-refractivity contribution in [2.45, 2.75) is 18.6 Å². The maximum Gasteiger partial charge on any atom is 0.254 e. The predicted octanol–water partition coefficient (Wildman–Crippen LogP) is 1.59. The van der Waals surface area contributed by atoms with Crippen LogP contribution in [0.5, 0.6) is 0 Å². The number of hydrogen-bond donors (Lipinski definition) is 2. The molecule has 0 bridgehead atoms. The number of carbonyl (C=O) groups is 2. The van der Waals surface area contributed by atoms with Crippen LogP contribution in [0.25, 0.3) is 0 Å². The van der Waals surface area contributed by atoms with Crippen LogP contribution in [0.4, 0.5) is 0 Å². The largest absolute Gasteiger partial charge is 0.368 e. The summed E-state index contributed by atoms with van der Waals surface area (Å²) in [5.41, 5.74) is 7.06. The van der Waals surface area contributed by atoms with E-state index in [2.05, 4.69) is 5.32 Å². The molecule has 0 unspecified atom stereocenters. The summed E-state index contributed by atoms with van der Waals surface area (Å²) in [6, 6.07) is 17.7. The number of nitrogens with one attached hydrogen (secondary N) is 1. The van der Waals surface area contributed by atoms with Crippen LogP contribution in [-0.2, 0) is 20.7 Å². The van der Waals surface area contributed by atoms with Crippen molar-refractivity contribution in [3.05, 3.63) is 71.8 Å². The Balaban J connectivity index is 2.09. The van der Waals surface area contributed by atoms with Crippen LogP contribution in [0.1, 0.15) is 17.2 Å². The Bertz CT molecular complexity index is 644. The minimum atomic E-state index is -0.786. The second-order valence-electron chi connectivity index (χ2n) is 5.18. The molecule has 0 spiro atoms. The molecular weight excluding hydrogens is 292 g/mol. The quantitative estimate of drug-likeness (QED) is 0.814.